The van der Waals surface area contributed by atoms with E-state index in [-0.39, 0.29) is 0 Å². The molecule has 1 atom stereocenters. The Labute approximate surface area is 124 Å². The topological polar surface area (TPSA) is 90.6 Å². The molecule has 6 nitrogen and oxygen atoms in total. The zero-order chi connectivity index (χ0) is 15.7. The Morgan fingerprint density at radius 1 is 1.29 bits per heavy atom. The van der Waals surface area contributed by atoms with Crippen LogP contribution in [0.2, 0.25) is 0 Å². The summed E-state index contributed by atoms with van der Waals surface area (Å²) in [6, 6.07) is 6.30. The van der Waals surface area contributed by atoms with Crippen LogP contribution in [-0.4, -0.2) is 31.8 Å². The molecule has 21 heavy (non-hydrogen) atoms. The Bertz CT molecular complexity index is 459. The number of hydrogen-bond donors (Lipinski definition) is 2. The number of rotatable bonds is 7. The van der Waals surface area contributed by atoms with Crippen molar-refractivity contribution in [3.05, 3.63) is 29.8 Å². The summed E-state index contributed by atoms with van der Waals surface area (Å²) in [6.45, 7) is 2.33. The lowest BCUT2D eigenvalue weighted by atomic mass is 10.1. The zero-order valence-electron chi connectivity index (χ0n) is 12.4. The fraction of sp³-hybridized carbons (Fsp3) is 0.467. The monoisotopic (exact) mass is 294 g/mol. The minimum absolute atomic E-state index is 0.315. The molecule has 0 spiro atoms. The molecule has 0 fully saturated rings. The van der Waals surface area contributed by atoms with Gasteiger partial charge in [-0.15, -0.1) is 0 Å². The van der Waals surface area contributed by atoms with Crippen LogP contribution in [0, 0.1) is 0 Å². The first kappa shape index (κ1) is 16.8. The molecule has 116 valence electrons. The Morgan fingerprint density at radius 2 is 1.95 bits per heavy atom. The van der Waals surface area contributed by atoms with E-state index in [4.69, 9.17) is 15.2 Å². The lowest BCUT2D eigenvalue weighted by Crippen LogP contribution is -2.43. The van der Waals surface area contributed by atoms with E-state index in [1.54, 1.807) is 24.3 Å². The van der Waals surface area contributed by atoms with Crippen molar-refractivity contribution < 1.29 is 19.1 Å². The summed E-state index contributed by atoms with van der Waals surface area (Å²) in [5.74, 6) is -0.515. The van der Waals surface area contributed by atoms with Crippen molar-refractivity contribution in [3.8, 4) is 0 Å². The third-order valence-corrected chi connectivity index (χ3v) is 2.93. The maximum atomic E-state index is 11.7. The summed E-state index contributed by atoms with van der Waals surface area (Å²) in [5, 5.41) is 2.52. The van der Waals surface area contributed by atoms with Gasteiger partial charge in [0.1, 0.15) is 6.04 Å². The number of anilines is 1. The number of hydrogen-bond acceptors (Lipinski definition) is 5. The van der Waals surface area contributed by atoms with E-state index in [0.717, 1.165) is 18.4 Å². The molecular formula is C15H22N2O4. The molecular weight excluding hydrogens is 272 g/mol. The number of nitrogens with one attached hydrogen (secondary N) is 1. The van der Waals surface area contributed by atoms with Crippen LogP contribution in [0.5, 0.6) is 0 Å². The molecule has 0 bridgehead atoms. The average Bonchev–Trinajstić information content (AvgIpc) is 2.48. The summed E-state index contributed by atoms with van der Waals surface area (Å²) < 4.78 is 9.69. The fourth-order valence-corrected chi connectivity index (χ4v) is 1.72. The maximum Gasteiger partial charge on any atom is 0.407 e. The van der Waals surface area contributed by atoms with Gasteiger partial charge in [0.25, 0.3) is 0 Å². The first-order valence-electron chi connectivity index (χ1n) is 6.92. The maximum absolute atomic E-state index is 11.7. The van der Waals surface area contributed by atoms with Crippen molar-refractivity contribution in [2.24, 2.45) is 0 Å². The summed E-state index contributed by atoms with van der Waals surface area (Å²) in [5.41, 5.74) is 7.12. The number of ether oxygens (including phenoxy) is 2. The fourth-order valence-electron chi connectivity index (χ4n) is 1.72. The highest BCUT2D eigenvalue weighted by atomic mass is 16.6. The first-order chi connectivity index (χ1) is 10.1. The number of carbonyl (C=O) groups excluding carboxylic acids is 2. The third-order valence-electron chi connectivity index (χ3n) is 2.93. The van der Waals surface area contributed by atoms with Gasteiger partial charge in [0, 0.05) is 12.1 Å². The minimum atomic E-state index is -0.784. The summed E-state index contributed by atoms with van der Waals surface area (Å²) in [4.78, 5) is 23.4. The van der Waals surface area contributed by atoms with Gasteiger partial charge in [-0.2, -0.15) is 0 Å². The molecule has 0 aliphatic carbocycles. The molecule has 0 aliphatic heterocycles. The van der Waals surface area contributed by atoms with Crippen LogP contribution in [0.1, 0.15) is 25.3 Å². The number of amides is 1. The largest absolute Gasteiger partial charge is 0.467 e. The molecule has 6 heteroatoms. The van der Waals surface area contributed by atoms with Gasteiger partial charge >= 0.3 is 12.1 Å². The van der Waals surface area contributed by atoms with Crippen molar-refractivity contribution in [1.29, 1.82) is 0 Å². The number of unbranched alkanes of at least 4 members (excludes halogenated alkanes) is 1. The van der Waals surface area contributed by atoms with E-state index in [2.05, 4.69) is 5.32 Å². The third kappa shape index (κ3) is 6.16. The highest BCUT2D eigenvalue weighted by Crippen LogP contribution is 2.09. The number of esters is 1. The van der Waals surface area contributed by atoms with E-state index < -0.39 is 18.1 Å². The van der Waals surface area contributed by atoms with Gasteiger partial charge in [-0.05, 0) is 24.1 Å². The second-order valence-electron chi connectivity index (χ2n) is 4.66. The molecule has 0 heterocycles. The van der Waals surface area contributed by atoms with Crippen LogP contribution in [0.25, 0.3) is 0 Å². The van der Waals surface area contributed by atoms with E-state index in [1.165, 1.54) is 7.11 Å². The average molecular weight is 294 g/mol. The molecule has 0 aromatic heterocycles. The molecule has 0 unspecified atom stereocenters. The van der Waals surface area contributed by atoms with Gasteiger partial charge in [0.15, 0.2) is 0 Å². The summed E-state index contributed by atoms with van der Waals surface area (Å²) >= 11 is 0. The number of methoxy groups -OCH3 is 1. The van der Waals surface area contributed by atoms with E-state index in [9.17, 15) is 9.59 Å². The number of nitrogens with two attached hydrogens (primary N) is 1. The van der Waals surface area contributed by atoms with Crippen LogP contribution >= 0.6 is 0 Å². The van der Waals surface area contributed by atoms with Crippen LogP contribution in [0.4, 0.5) is 10.5 Å². The van der Waals surface area contributed by atoms with E-state index in [0.29, 0.717) is 18.7 Å². The lowest BCUT2D eigenvalue weighted by molar-refractivity contribution is -0.142. The lowest BCUT2D eigenvalue weighted by Gasteiger charge is -2.16. The van der Waals surface area contributed by atoms with Crippen LogP contribution in [0.15, 0.2) is 24.3 Å². The second kappa shape index (κ2) is 8.84. The van der Waals surface area contributed by atoms with Gasteiger partial charge in [-0.1, -0.05) is 25.5 Å². The number of carbonyl (C=O) groups is 2. The minimum Gasteiger partial charge on any atom is -0.467 e. The Morgan fingerprint density at radius 3 is 2.52 bits per heavy atom. The van der Waals surface area contributed by atoms with Crippen molar-refractivity contribution in [1.82, 2.24) is 5.32 Å². The zero-order valence-corrected chi connectivity index (χ0v) is 12.4. The van der Waals surface area contributed by atoms with E-state index >= 15 is 0 Å². The molecule has 0 radical (unpaired) electrons. The molecule has 0 saturated carbocycles. The van der Waals surface area contributed by atoms with Crippen molar-refractivity contribution in [3.63, 3.8) is 0 Å². The predicted octanol–water partition coefficient (Wildman–Crippen LogP) is 1.88. The Kier molecular flexibility index (Phi) is 7.08. The van der Waals surface area contributed by atoms with E-state index in [1.807, 2.05) is 6.92 Å². The van der Waals surface area contributed by atoms with Crippen LogP contribution in [-0.2, 0) is 20.7 Å². The Balaban J connectivity index is 2.61. The number of benzene rings is 1. The number of alkyl carbamates (subject to hydrolysis) is 1. The first-order valence-corrected chi connectivity index (χ1v) is 6.92. The highest BCUT2D eigenvalue weighted by Gasteiger charge is 2.22. The molecule has 0 saturated heterocycles. The van der Waals surface area contributed by atoms with Gasteiger partial charge in [-0.25, -0.2) is 9.59 Å². The number of nitrogen functional groups attached to an aromatic ring is 1. The summed E-state index contributed by atoms with van der Waals surface area (Å²) in [7, 11) is 1.28. The molecule has 1 rings (SSSR count). The standard InChI is InChI=1S/C15H22N2O4/c1-3-4-9-21-15(19)17-13(14(18)20-2)10-11-5-7-12(16)8-6-11/h5-8,13H,3-4,9-10,16H2,1-2H3,(H,17,19)/t13-/m1/s1. The molecule has 1 amide bonds. The molecule has 1 aromatic carbocycles. The van der Waals surface area contributed by atoms with Crippen molar-refractivity contribution in [2.45, 2.75) is 32.2 Å². The van der Waals surface area contributed by atoms with Crippen LogP contribution < -0.4 is 11.1 Å². The van der Waals surface area contributed by atoms with Crippen LogP contribution in [0.3, 0.4) is 0 Å². The highest BCUT2D eigenvalue weighted by molar-refractivity contribution is 5.81. The molecule has 0 aliphatic rings. The van der Waals surface area contributed by atoms with Gasteiger partial charge in [0.05, 0.1) is 13.7 Å². The summed E-state index contributed by atoms with van der Waals surface area (Å²) in [6.07, 6.45) is 1.41. The SMILES string of the molecule is CCCCOC(=O)N[C@H](Cc1ccc(N)cc1)C(=O)OC. The quantitative estimate of drug-likeness (QED) is 0.455. The predicted molar refractivity (Wildman–Crippen MR) is 79.8 cm³/mol. The molecule has 1 aromatic rings. The molecule has 3 N–H and O–H groups in total. The van der Waals surface area contributed by atoms with Crippen molar-refractivity contribution >= 4 is 17.7 Å². The smallest absolute Gasteiger partial charge is 0.407 e. The van der Waals surface area contributed by atoms with Gasteiger partial charge in [-0.3, -0.25) is 0 Å². The van der Waals surface area contributed by atoms with Gasteiger partial charge in [0.2, 0.25) is 0 Å². The normalized spacial score (nSPS) is 11.5. The second-order valence-corrected chi connectivity index (χ2v) is 4.66. The van der Waals surface area contributed by atoms with Gasteiger partial charge < -0.3 is 20.5 Å². The Hall–Kier alpha value is -2.24. The van der Waals surface area contributed by atoms with Crippen molar-refractivity contribution in [2.75, 3.05) is 19.5 Å².